The zero-order chi connectivity index (χ0) is 36.2. The number of carbonyl (C=O) groups is 1. The summed E-state index contributed by atoms with van der Waals surface area (Å²) in [5.41, 5.74) is 7.17. The van der Waals surface area contributed by atoms with Gasteiger partial charge in [0, 0.05) is 44.9 Å². The Balaban J connectivity index is 2.17. The molecule has 0 spiro atoms. The Hall–Kier alpha value is -1.24. The van der Waals surface area contributed by atoms with Gasteiger partial charge in [0.1, 0.15) is 5.78 Å². The number of aryl methyl sites for hydroxylation is 1. The van der Waals surface area contributed by atoms with Crippen LogP contribution in [-0.2, 0) is 23.0 Å². The minimum atomic E-state index is -0.462. The first-order chi connectivity index (χ1) is 24.6. The van der Waals surface area contributed by atoms with Crippen LogP contribution < -0.4 is 5.73 Å². The molecule has 0 aliphatic rings. The first-order valence-corrected chi connectivity index (χ1v) is 22.1. The van der Waals surface area contributed by atoms with E-state index in [4.69, 9.17) is 10.5 Å². The van der Waals surface area contributed by atoms with Crippen molar-refractivity contribution in [2.75, 3.05) is 32.8 Å². The van der Waals surface area contributed by atoms with E-state index >= 15 is 0 Å². The monoisotopic (exact) mass is 703 g/mol. The largest absolute Gasteiger partial charge is 0.380 e. The third-order valence-electron chi connectivity index (χ3n) is 10.7. The predicted octanol–water partition coefficient (Wildman–Crippen LogP) is 11.9. The smallest absolute Gasteiger partial charge is 0.150 e. The van der Waals surface area contributed by atoms with Crippen LogP contribution in [0.15, 0.2) is 12.5 Å². The second-order valence-corrected chi connectivity index (χ2v) is 15.5. The van der Waals surface area contributed by atoms with Crippen LogP contribution in [0.3, 0.4) is 0 Å². The van der Waals surface area contributed by atoms with Gasteiger partial charge in [-0.3, -0.25) is 4.79 Å². The highest BCUT2D eigenvalue weighted by Gasteiger charge is 2.15. The van der Waals surface area contributed by atoms with Crippen molar-refractivity contribution in [2.45, 2.75) is 219 Å². The quantitative estimate of drug-likeness (QED) is 0.0689. The first kappa shape index (κ1) is 46.8. The summed E-state index contributed by atoms with van der Waals surface area (Å²) in [5, 5.41) is 0. The normalized spacial score (nSPS) is 12.3. The van der Waals surface area contributed by atoms with Crippen LogP contribution in [0.4, 0.5) is 0 Å². The number of nitrogens with zero attached hydrogens (tertiary/aromatic N) is 3. The lowest BCUT2D eigenvalue weighted by Crippen LogP contribution is -2.33. The molecule has 1 aromatic heterocycles. The van der Waals surface area contributed by atoms with E-state index in [1.54, 1.807) is 12.5 Å². The zero-order valence-electron chi connectivity index (χ0n) is 33.9. The van der Waals surface area contributed by atoms with Gasteiger partial charge < -0.3 is 19.9 Å². The molecule has 1 aromatic rings. The maximum absolute atomic E-state index is 12.5. The van der Waals surface area contributed by atoms with Gasteiger partial charge in [0.2, 0.25) is 0 Å². The van der Waals surface area contributed by atoms with Crippen LogP contribution in [0, 0.1) is 0 Å². The summed E-state index contributed by atoms with van der Waals surface area (Å²) in [5.74, 6) is 0.118. The number of hydrogen-bond acceptors (Lipinski definition) is 5. The lowest BCUT2D eigenvalue weighted by molar-refractivity contribution is -0.120. The molecule has 0 bridgehead atoms. The lowest BCUT2D eigenvalue weighted by Gasteiger charge is -2.22. The Labute approximate surface area is 311 Å². The Morgan fingerprint density at radius 2 is 1.02 bits per heavy atom. The van der Waals surface area contributed by atoms with E-state index in [9.17, 15) is 4.79 Å². The van der Waals surface area contributed by atoms with Crippen molar-refractivity contribution in [3.8, 4) is 0 Å². The minimum absolute atomic E-state index is 0.118. The van der Waals surface area contributed by atoms with Gasteiger partial charge in [-0.2, -0.15) is 0 Å². The van der Waals surface area contributed by atoms with Gasteiger partial charge in [0.05, 0.1) is 19.0 Å². The fourth-order valence-corrected chi connectivity index (χ4v) is 7.15. The van der Waals surface area contributed by atoms with Crippen molar-refractivity contribution in [1.82, 2.24) is 14.5 Å². The molecule has 0 radical (unpaired) electrons. The maximum Gasteiger partial charge on any atom is 0.150 e. The van der Waals surface area contributed by atoms with Crippen molar-refractivity contribution in [2.24, 2.45) is 12.8 Å². The molecule has 1 atom stereocenters. The summed E-state index contributed by atoms with van der Waals surface area (Å²) in [6.45, 7) is 9.38. The van der Waals surface area contributed by atoms with Crippen LogP contribution >= 0.6 is 0 Å². The first-order valence-electron chi connectivity index (χ1n) is 22.1. The molecule has 1 rings (SSSR count). The number of imidazole rings is 1. The summed E-state index contributed by atoms with van der Waals surface area (Å²) >= 11 is 0. The highest BCUT2D eigenvalue weighted by atomic mass is 16.5. The van der Waals surface area contributed by atoms with Crippen molar-refractivity contribution in [3.63, 3.8) is 0 Å². The summed E-state index contributed by atoms with van der Waals surface area (Å²) in [7, 11) is 1.94. The van der Waals surface area contributed by atoms with E-state index in [1.165, 1.54) is 193 Å². The molecule has 0 fully saturated rings. The molecule has 0 saturated heterocycles. The summed E-state index contributed by atoms with van der Waals surface area (Å²) in [6.07, 6.45) is 44.8. The summed E-state index contributed by atoms with van der Waals surface area (Å²) < 4.78 is 7.95. The number of hydrogen-bond donors (Lipinski definition) is 1. The van der Waals surface area contributed by atoms with E-state index < -0.39 is 6.04 Å². The molecular weight excluding hydrogens is 617 g/mol. The number of rotatable bonds is 40. The minimum Gasteiger partial charge on any atom is -0.380 e. The van der Waals surface area contributed by atoms with Gasteiger partial charge >= 0.3 is 0 Å². The molecule has 0 saturated carbocycles. The van der Waals surface area contributed by atoms with E-state index in [0.717, 1.165) is 25.3 Å². The van der Waals surface area contributed by atoms with E-state index in [1.807, 2.05) is 11.6 Å². The van der Waals surface area contributed by atoms with E-state index in [0.29, 0.717) is 19.4 Å². The molecule has 6 heteroatoms. The Bertz CT molecular complexity index is 812. The number of ether oxygens (including phenoxy) is 1. The van der Waals surface area contributed by atoms with Crippen molar-refractivity contribution >= 4 is 5.78 Å². The molecule has 1 unspecified atom stereocenters. The second-order valence-electron chi connectivity index (χ2n) is 15.5. The van der Waals surface area contributed by atoms with Gasteiger partial charge in [0.25, 0.3) is 0 Å². The fraction of sp³-hybridized carbons (Fsp3) is 0.909. The van der Waals surface area contributed by atoms with Gasteiger partial charge in [-0.1, -0.05) is 181 Å². The molecular formula is C44H86N4O2. The lowest BCUT2D eigenvalue weighted by atomic mass is 10.0. The van der Waals surface area contributed by atoms with Crippen LogP contribution in [0.1, 0.15) is 212 Å². The second kappa shape index (κ2) is 36.1. The average molecular weight is 703 g/mol. The topological polar surface area (TPSA) is 73.4 Å². The van der Waals surface area contributed by atoms with Crippen LogP contribution in [-0.4, -0.2) is 59.1 Å². The van der Waals surface area contributed by atoms with Crippen molar-refractivity contribution in [1.29, 1.82) is 0 Å². The third-order valence-corrected chi connectivity index (χ3v) is 10.7. The molecule has 2 N–H and O–H groups in total. The van der Waals surface area contributed by atoms with Gasteiger partial charge in [-0.25, -0.2) is 4.98 Å². The average Bonchev–Trinajstić information content (AvgIpc) is 3.52. The molecule has 0 amide bonds. The highest BCUT2D eigenvalue weighted by Crippen LogP contribution is 2.15. The van der Waals surface area contributed by atoms with Gasteiger partial charge in [-0.05, 0) is 32.4 Å². The van der Waals surface area contributed by atoms with E-state index in [2.05, 4.69) is 23.7 Å². The number of nitrogens with two attached hydrogens (primary N) is 1. The number of aromatic nitrogens is 2. The van der Waals surface area contributed by atoms with Gasteiger partial charge in [-0.15, -0.1) is 0 Å². The standard InChI is InChI=1S/C44H86N4O2/c1-4-6-8-10-12-14-16-18-20-22-24-26-28-30-34-48(35-31-29-27-25-23-21-19-17-15-13-11-9-7-5-2)36-38-50-37-32-33-44(49)43(45)39-42-40-46-41-47(42)3/h40-41,43H,4-39,45H2,1-3H3. The number of carbonyl (C=O) groups excluding carboxylic acids is 1. The maximum atomic E-state index is 12.5. The number of unbranched alkanes of at least 4 members (excludes halogenated alkanes) is 26. The SMILES string of the molecule is CCCCCCCCCCCCCCCCN(CCCCCCCCCCCCCCCC)CCOCCCC(=O)C(N)Cc1cncn1C. The molecule has 0 aliphatic carbocycles. The van der Waals surface area contributed by atoms with Crippen LogP contribution in [0.2, 0.25) is 0 Å². The third kappa shape index (κ3) is 29.3. The zero-order valence-corrected chi connectivity index (χ0v) is 33.9. The summed E-state index contributed by atoms with van der Waals surface area (Å²) in [6, 6.07) is -0.462. The van der Waals surface area contributed by atoms with Crippen molar-refractivity contribution < 1.29 is 9.53 Å². The molecule has 6 nitrogen and oxygen atoms in total. The molecule has 0 aliphatic heterocycles. The molecule has 0 aromatic carbocycles. The molecule has 294 valence electrons. The number of ketones is 1. The van der Waals surface area contributed by atoms with Gasteiger partial charge in [0.15, 0.2) is 0 Å². The van der Waals surface area contributed by atoms with Crippen LogP contribution in [0.25, 0.3) is 0 Å². The van der Waals surface area contributed by atoms with Crippen molar-refractivity contribution in [3.05, 3.63) is 18.2 Å². The Kier molecular flexibility index (Phi) is 33.8. The molecule has 50 heavy (non-hydrogen) atoms. The predicted molar refractivity (Wildman–Crippen MR) is 217 cm³/mol. The molecule has 1 heterocycles. The van der Waals surface area contributed by atoms with Crippen LogP contribution in [0.5, 0.6) is 0 Å². The summed E-state index contributed by atoms with van der Waals surface area (Å²) in [4.78, 5) is 19.3. The highest BCUT2D eigenvalue weighted by molar-refractivity contribution is 5.83. The Morgan fingerprint density at radius 1 is 0.620 bits per heavy atom. The number of Topliss-reactive ketones (excluding diaryl/α,β-unsaturated/α-hetero) is 1. The fourth-order valence-electron chi connectivity index (χ4n) is 7.15. The Morgan fingerprint density at radius 3 is 1.40 bits per heavy atom. The van der Waals surface area contributed by atoms with E-state index in [-0.39, 0.29) is 5.78 Å².